The van der Waals surface area contributed by atoms with Crippen molar-refractivity contribution < 1.29 is 9.59 Å². The molecule has 0 aliphatic heterocycles. The zero-order valence-corrected chi connectivity index (χ0v) is 24.3. The van der Waals surface area contributed by atoms with Crippen molar-refractivity contribution in [3.05, 3.63) is 71.9 Å². The second kappa shape index (κ2) is 13.5. The first kappa shape index (κ1) is 30.6. The third-order valence-electron chi connectivity index (χ3n) is 7.97. The first-order valence-corrected chi connectivity index (χ1v) is 13.8. The molecule has 0 bridgehead atoms. The Morgan fingerprint density at radius 1 is 0.976 bits per heavy atom. The lowest BCUT2D eigenvalue weighted by Gasteiger charge is -2.35. The van der Waals surface area contributed by atoms with E-state index in [2.05, 4.69) is 25.6 Å². The lowest BCUT2D eigenvalue weighted by molar-refractivity contribution is -0.127. The van der Waals surface area contributed by atoms with Gasteiger partial charge in [0.05, 0.1) is 0 Å². The lowest BCUT2D eigenvalue weighted by atomic mass is 9.81. The number of H-pyrrole nitrogens is 1. The van der Waals surface area contributed by atoms with Crippen LogP contribution in [0.5, 0.6) is 0 Å². The molecule has 0 unspecified atom stereocenters. The van der Waals surface area contributed by atoms with Gasteiger partial charge in [-0.15, -0.1) is 17.5 Å². The highest BCUT2D eigenvalue weighted by Crippen LogP contribution is 2.33. The third-order valence-corrected chi connectivity index (χ3v) is 7.97. The van der Waals surface area contributed by atoms with Crippen LogP contribution in [0.1, 0.15) is 36.9 Å². The van der Waals surface area contributed by atoms with Crippen LogP contribution in [-0.4, -0.2) is 50.0 Å². The Labute approximate surface area is 250 Å². The average Bonchev–Trinajstić information content (AvgIpc) is 3.53. The molecule has 0 spiro atoms. The number of carbonyl (C=O) groups is 2. The van der Waals surface area contributed by atoms with E-state index in [0.717, 1.165) is 53.6 Å². The summed E-state index contributed by atoms with van der Waals surface area (Å²) < 4.78 is 0. The monoisotopic (exact) mass is 589 g/mol. The van der Waals surface area contributed by atoms with Crippen LogP contribution in [0.25, 0.3) is 22.5 Å². The van der Waals surface area contributed by atoms with Crippen molar-refractivity contribution in [3.63, 3.8) is 0 Å². The van der Waals surface area contributed by atoms with E-state index in [1.165, 1.54) is 0 Å². The molecule has 1 aliphatic carbocycles. The fourth-order valence-electron chi connectivity index (χ4n) is 5.61. The first-order valence-electron chi connectivity index (χ1n) is 13.8. The minimum absolute atomic E-state index is 0. The summed E-state index contributed by atoms with van der Waals surface area (Å²) in [7, 11) is 0. The normalized spacial score (nSPS) is 17.2. The van der Waals surface area contributed by atoms with Gasteiger partial charge in [-0.05, 0) is 103 Å². The molecule has 1 saturated carbocycles. The molecule has 7 N–H and O–H groups in total. The molecular weight excluding hydrogens is 554 g/mol. The van der Waals surface area contributed by atoms with Crippen molar-refractivity contribution in [2.75, 3.05) is 17.2 Å². The van der Waals surface area contributed by atoms with Gasteiger partial charge in [-0.2, -0.15) is 0 Å². The van der Waals surface area contributed by atoms with Gasteiger partial charge in [0.2, 0.25) is 11.8 Å². The highest BCUT2D eigenvalue weighted by atomic mass is 35.5. The number of carbonyl (C=O) groups excluding carboxylic acids is 2. The molecule has 2 amide bonds. The number of anilines is 2. The highest BCUT2D eigenvalue weighted by molar-refractivity contribution is 6.01. The number of aromatic nitrogens is 5. The fraction of sp³-hybridized carbons (Fsp3) is 0.333. The SMILES string of the molecule is Cc1nc(N)ccc1-c1ccc(C[C@@H](C(N)=O)N(c2ccc(-c3nnn[nH]3)cc2)C(=O)[C@H]2CC[C@H](CN)CC2)cc1.Cl. The van der Waals surface area contributed by atoms with E-state index in [1.54, 1.807) is 23.1 Å². The van der Waals surface area contributed by atoms with Crippen molar-refractivity contribution in [2.24, 2.45) is 23.3 Å². The molecule has 5 rings (SSSR count). The number of amides is 2. The summed E-state index contributed by atoms with van der Waals surface area (Å²) in [6.07, 6.45) is 3.51. The van der Waals surface area contributed by atoms with Crippen LogP contribution in [-0.2, 0) is 16.0 Å². The highest BCUT2D eigenvalue weighted by Gasteiger charge is 2.36. The number of tetrazole rings is 1. The number of hydrogen-bond acceptors (Lipinski definition) is 8. The van der Waals surface area contributed by atoms with Gasteiger partial charge in [-0.25, -0.2) is 10.1 Å². The number of nitrogens with two attached hydrogens (primary N) is 3. The Kier molecular flexibility index (Phi) is 9.87. The van der Waals surface area contributed by atoms with Gasteiger partial charge in [-0.1, -0.05) is 24.3 Å². The molecule has 2 heterocycles. The topological polar surface area (TPSA) is 183 Å². The first-order chi connectivity index (χ1) is 19.8. The molecule has 42 heavy (non-hydrogen) atoms. The van der Waals surface area contributed by atoms with Gasteiger partial charge < -0.3 is 17.2 Å². The number of nitrogen functional groups attached to an aromatic ring is 1. The van der Waals surface area contributed by atoms with Gasteiger partial charge in [0, 0.05) is 34.8 Å². The molecule has 1 fully saturated rings. The maximum Gasteiger partial charge on any atom is 0.240 e. The van der Waals surface area contributed by atoms with Crippen molar-refractivity contribution in [1.29, 1.82) is 0 Å². The standard InChI is InChI=1S/C30H35N9O2.ClH/c1-18-25(14-15-27(32)34-18)21-6-2-19(3-7-21)16-26(28(33)40)39(30(41)23-8-4-20(17-31)5-9-23)24-12-10-22(11-13-24)29-35-37-38-36-29;/h2-3,6-7,10-15,20,23,26H,4-5,8-9,16-17,31H2,1H3,(H2,32,34)(H2,33,40)(H,35,36,37,38);1H/t20-,23-,26-;/m0./s1. The van der Waals surface area contributed by atoms with Crippen LogP contribution >= 0.6 is 12.4 Å². The van der Waals surface area contributed by atoms with Crippen LogP contribution in [0.3, 0.4) is 0 Å². The van der Waals surface area contributed by atoms with Crippen LogP contribution in [0.4, 0.5) is 11.5 Å². The molecule has 1 aliphatic rings. The Hall–Kier alpha value is -4.35. The summed E-state index contributed by atoms with van der Waals surface area (Å²) in [5, 5.41) is 13.9. The fourth-order valence-corrected chi connectivity index (χ4v) is 5.61. The van der Waals surface area contributed by atoms with Crippen LogP contribution < -0.4 is 22.1 Å². The molecule has 11 nitrogen and oxygen atoms in total. The Morgan fingerprint density at radius 2 is 1.64 bits per heavy atom. The molecule has 12 heteroatoms. The van der Waals surface area contributed by atoms with Crippen molar-refractivity contribution >= 4 is 35.7 Å². The quantitative estimate of drug-likeness (QED) is 0.229. The van der Waals surface area contributed by atoms with Crippen molar-refractivity contribution in [3.8, 4) is 22.5 Å². The predicted molar refractivity (Wildman–Crippen MR) is 164 cm³/mol. The largest absolute Gasteiger partial charge is 0.384 e. The molecule has 2 aromatic carbocycles. The van der Waals surface area contributed by atoms with E-state index < -0.39 is 11.9 Å². The van der Waals surface area contributed by atoms with E-state index in [4.69, 9.17) is 17.2 Å². The third kappa shape index (κ3) is 6.75. The predicted octanol–water partition coefficient (Wildman–Crippen LogP) is 3.44. The maximum absolute atomic E-state index is 14.1. The minimum atomic E-state index is -0.877. The van der Waals surface area contributed by atoms with E-state index in [0.29, 0.717) is 29.8 Å². The number of pyridine rings is 1. The molecular formula is C30H36ClN9O2. The number of hydrogen-bond donors (Lipinski definition) is 4. The number of halogens is 1. The molecule has 4 aromatic rings. The number of primary amides is 1. The second-order valence-electron chi connectivity index (χ2n) is 10.6. The van der Waals surface area contributed by atoms with Crippen LogP contribution in [0.15, 0.2) is 60.7 Å². The van der Waals surface area contributed by atoms with Gasteiger partial charge >= 0.3 is 0 Å². The number of aromatic amines is 1. The average molecular weight is 590 g/mol. The van der Waals surface area contributed by atoms with Gasteiger partial charge in [0.25, 0.3) is 0 Å². The summed E-state index contributed by atoms with van der Waals surface area (Å²) >= 11 is 0. The Morgan fingerprint density at radius 3 is 2.21 bits per heavy atom. The number of benzene rings is 2. The lowest BCUT2D eigenvalue weighted by Crippen LogP contribution is -2.52. The molecule has 0 saturated heterocycles. The number of aryl methyl sites for hydroxylation is 1. The van der Waals surface area contributed by atoms with E-state index in [-0.39, 0.29) is 30.7 Å². The van der Waals surface area contributed by atoms with E-state index in [9.17, 15) is 9.59 Å². The summed E-state index contributed by atoms with van der Waals surface area (Å²) in [6.45, 7) is 2.53. The second-order valence-corrected chi connectivity index (χ2v) is 10.6. The molecule has 0 radical (unpaired) electrons. The number of rotatable bonds is 9. The van der Waals surface area contributed by atoms with Crippen LogP contribution in [0.2, 0.25) is 0 Å². The van der Waals surface area contributed by atoms with Crippen LogP contribution in [0, 0.1) is 18.8 Å². The van der Waals surface area contributed by atoms with Gasteiger partial charge in [0.1, 0.15) is 11.9 Å². The smallest absolute Gasteiger partial charge is 0.240 e. The maximum atomic E-state index is 14.1. The van der Waals surface area contributed by atoms with Crippen molar-refractivity contribution in [2.45, 2.75) is 45.1 Å². The summed E-state index contributed by atoms with van der Waals surface area (Å²) in [5.41, 5.74) is 22.7. The molecule has 1 atom stereocenters. The van der Waals surface area contributed by atoms with Gasteiger partial charge in [-0.3, -0.25) is 14.5 Å². The summed E-state index contributed by atoms with van der Waals surface area (Å²) in [4.78, 5) is 33.0. The molecule has 220 valence electrons. The Balaban J connectivity index is 0.00000405. The zero-order valence-electron chi connectivity index (χ0n) is 23.4. The summed E-state index contributed by atoms with van der Waals surface area (Å²) in [5.74, 6) is 0.527. The number of nitrogens with zero attached hydrogens (tertiary/aromatic N) is 5. The van der Waals surface area contributed by atoms with Gasteiger partial charge in [0.15, 0.2) is 5.82 Å². The summed E-state index contributed by atoms with van der Waals surface area (Å²) in [6, 6.07) is 17.9. The minimum Gasteiger partial charge on any atom is -0.384 e. The zero-order chi connectivity index (χ0) is 28.9. The number of nitrogens with one attached hydrogen (secondary N) is 1. The van der Waals surface area contributed by atoms with E-state index in [1.807, 2.05) is 49.4 Å². The Bertz CT molecular complexity index is 1490. The molecule has 2 aromatic heterocycles. The van der Waals surface area contributed by atoms with Crippen molar-refractivity contribution in [1.82, 2.24) is 25.6 Å². The van der Waals surface area contributed by atoms with E-state index >= 15 is 0 Å².